The van der Waals surface area contributed by atoms with Gasteiger partial charge in [-0.2, -0.15) is 5.10 Å². The second kappa shape index (κ2) is 8.39. The summed E-state index contributed by atoms with van der Waals surface area (Å²) in [5, 5.41) is 17.5. The van der Waals surface area contributed by atoms with Gasteiger partial charge in [-0.3, -0.25) is 14.9 Å². The SMILES string of the molecule is Cc1cc(NCC(=O)N/N=C/c2cccc([N+](=O)[O-])c2)ccc1I. The molecule has 0 aliphatic heterocycles. The topological polar surface area (TPSA) is 96.6 Å². The monoisotopic (exact) mass is 438 g/mol. The van der Waals surface area contributed by atoms with Crippen LogP contribution in [0, 0.1) is 20.6 Å². The molecule has 0 radical (unpaired) electrons. The molecule has 0 aliphatic rings. The van der Waals surface area contributed by atoms with Crippen molar-refractivity contribution in [2.45, 2.75) is 6.92 Å². The van der Waals surface area contributed by atoms with Crippen molar-refractivity contribution >= 4 is 46.1 Å². The van der Waals surface area contributed by atoms with E-state index in [0.717, 1.165) is 14.8 Å². The first-order valence-electron chi connectivity index (χ1n) is 7.02. The second-order valence-corrected chi connectivity index (χ2v) is 6.12. The predicted molar refractivity (Wildman–Crippen MR) is 101 cm³/mol. The largest absolute Gasteiger partial charge is 0.376 e. The van der Waals surface area contributed by atoms with Crippen molar-refractivity contribution < 1.29 is 9.72 Å². The summed E-state index contributed by atoms with van der Waals surface area (Å²) in [6.45, 7) is 2.07. The van der Waals surface area contributed by atoms with Crippen LogP contribution in [-0.4, -0.2) is 23.6 Å². The molecule has 0 fully saturated rings. The summed E-state index contributed by atoms with van der Waals surface area (Å²) in [6, 6.07) is 11.8. The Balaban J connectivity index is 1.85. The third-order valence-electron chi connectivity index (χ3n) is 3.09. The van der Waals surface area contributed by atoms with Gasteiger partial charge in [0.2, 0.25) is 0 Å². The highest BCUT2D eigenvalue weighted by atomic mass is 127. The Kier molecular flexibility index (Phi) is 6.24. The van der Waals surface area contributed by atoms with Crippen molar-refractivity contribution in [3.63, 3.8) is 0 Å². The average Bonchev–Trinajstić information content (AvgIpc) is 2.56. The Hall–Kier alpha value is -2.49. The summed E-state index contributed by atoms with van der Waals surface area (Å²) in [5.74, 6) is -0.312. The zero-order valence-electron chi connectivity index (χ0n) is 12.8. The molecule has 7 nitrogen and oxygen atoms in total. The van der Waals surface area contributed by atoms with Crippen molar-refractivity contribution in [2.24, 2.45) is 5.10 Å². The quantitative estimate of drug-likeness (QED) is 0.314. The van der Waals surface area contributed by atoms with Gasteiger partial charge in [0.25, 0.3) is 11.6 Å². The van der Waals surface area contributed by atoms with E-state index in [1.165, 1.54) is 18.3 Å². The standard InChI is InChI=1S/C16H15IN4O3/c1-11-7-13(5-6-15(11)17)18-10-16(22)20-19-9-12-3-2-4-14(8-12)21(23)24/h2-9,18H,10H2,1H3,(H,20,22)/b19-9+. The van der Waals surface area contributed by atoms with E-state index in [1.54, 1.807) is 12.1 Å². The lowest BCUT2D eigenvalue weighted by atomic mass is 10.2. The molecule has 0 spiro atoms. The Morgan fingerprint density at radius 3 is 2.83 bits per heavy atom. The molecule has 0 aromatic heterocycles. The Morgan fingerprint density at radius 2 is 2.12 bits per heavy atom. The van der Waals surface area contributed by atoms with Gasteiger partial charge >= 0.3 is 0 Å². The van der Waals surface area contributed by atoms with Crippen LogP contribution in [0.5, 0.6) is 0 Å². The summed E-state index contributed by atoms with van der Waals surface area (Å²) < 4.78 is 1.16. The van der Waals surface area contributed by atoms with Crippen LogP contribution in [0.3, 0.4) is 0 Å². The minimum Gasteiger partial charge on any atom is -0.376 e. The molecule has 2 rings (SSSR count). The number of amides is 1. The van der Waals surface area contributed by atoms with Crippen LogP contribution in [0.4, 0.5) is 11.4 Å². The fourth-order valence-electron chi connectivity index (χ4n) is 1.87. The lowest BCUT2D eigenvalue weighted by Gasteiger charge is -2.07. The van der Waals surface area contributed by atoms with Crippen LogP contribution in [0.15, 0.2) is 47.6 Å². The molecule has 24 heavy (non-hydrogen) atoms. The number of aryl methyl sites for hydroxylation is 1. The third kappa shape index (κ3) is 5.30. The number of nitrogens with zero attached hydrogens (tertiary/aromatic N) is 2. The van der Waals surface area contributed by atoms with Gasteiger partial charge in [-0.05, 0) is 53.3 Å². The van der Waals surface area contributed by atoms with E-state index in [9.17, 15) is 14.9 Å². The highest BCUT2D eigenvalue weighted by Gasteiger charge is 2.04. The summed E-state index contributed by atoms with van der Waals surface area (Å²) in [6.07, 6.45) is 1.36. The molecule has 0 unspecified atom stereocenters. The van der Waals surface area contributed by atoms with E-state index in [4.69, 9.17) is 0 Å². The number of benzene rings is 2. The van der Waals surface area contributed by atoms with Gasteiger partial charge in [-0.25, -0.2) is 5.43 Å². The van der Waals surface area contributed by atoms with Gasteiger partial charge in [0.05, 0.1) is 17.7 Å². The van der Waals surface area contributed by atoms with Crippen LogP contribution in [0.2, 0.25) is 0 Å². The molecule has 2 aromatic rings. The van der Waals surface area contributed by atoms with Crippen molar-refractivity contribution in [3.8, 4) is 0 Å². The lowest BCUT2D eigenvalue weighted by Crippen LogP contribution is -2.25. The molecule has 0 heterocycles. The predicted octanol–water partition coefficient (Wildman–Crippen LogP) is 3.07. The fraction of sp³-hybridized carbons (Fsp3) is 0.125. The minimum absolute atomic E-state index is 0.0268. The van der Waals surface area contributed by atoms with Crippen molar-refractivity contribution in [1.29, 1.82) is 0 Å². The number of anilines is 1. The Labute approximate surface area is 152 Å². The molecule has 0 saturated heterocycles. The number of nitro benzene ring substituents is 1. The van der Waals surface area contributed by atoms with Gasteiger partial charge < -0.3 is 5.32 Å². The third-order valence-corrected chi connectivity index (χ3v) is 4.31. The number of carbonyl (C=O) groups is 1. The number of halogens is 1. The zero-order chi connectivity index (χ0) is 17.5. The maximum absolute atomic E-state index is 11.7. The molecule has 1 amide bonds. The highest BCUT2D eigenvalue weighted by molar-refractivity contribution is 14.1. The zero-order valence-corrected chi connectivity index (χ0v) is 15.0. The van der Waals surface area contributed by atoms with Gasteiger partial charge in [0.15, 0.2) is 0 Å². The minimum atomic E-state index is -0.483. The summed E-state index contributed by atoms with van der Waals surface area (Å²) in [7, 11) is 0. The van der Waals surface area contributed by atoms with Crippen LogP contribution in [0.1, 0.15) is 11.1 Å². The van der Waals surface area contributed by atoms with Gasteiger partial charge in [-0.1, -0.05) is 12.1 Å². The maximum Gasteiger partial charge on any atom is 0.270 e. The summed E-state index contributed by atoms with van der Waals surface area (Å²) in [4.78, 5) is 21.9. The number of nitrogens with one attached hydrogen (secondary N) is 2. The number of nitro groups is 1. The average molecular weight is 438 g/mol. The first-order chi connectivity index (χ1) is 11.5. The van der Waals surface area contributed by atoms with E-state index < -0.39 is 4.92 Å². The van der Waals surface area contributed by atoms with E-state index >= 15 is 0 Å². The van der Waals surface area contributed by atoms with E-state index in [-0.39, 0.29) is 18.1 Å². The maximum atomic E-state index is 11.7. The van der Waals surface area contributed by atoms with Gasteiger partial charge in [-0.15, -0.1) is 0 Å². The first-order valence-corrected chi connectivity index (χ1v) is 8.10. The second-order valence-electron chi connectivity index (χ2n) is 4.96. The number of hydrogen-bond donors (Lipinski definition) is 2. The van der Waals surface area contributed by atoms with Gasteiger partial charge in [0.1, 0.15) is 0 Å². The molecule has 124 valence electrons. The molecule has 0 aliphatic carbocycles. The lowest BCUT2D eigenvalue weighted by molar-refractivity contribution is -0.384. The van der Waals surface area contributed by atoms with Crippen LogP contribution >= 0.6 is 22.6 Å². The molecular formula is C16H15IN4O3. The highest BCUT2D eigenvalue weighted by Crippen LogP contribution is 2.16. The number of rotatable bonds is 6. The molecule has 0 bridgehead atoms. The Bertz CT molecular complexity index is 793. The van der Waals surface area contributed by atoms with Crippen LogP contribution in [0.25, 0.3) is 0 Å². The van der Waals surface area contributed by atoms with Crippen LogP contribution < -0.4 is 10.7 Å². The van der Waals surface area contributed by atoms with Crippen molar-refractivity contribution in [1.82, 2.24) is 5.43 Å². The fourth-order valence-corrected chi connectivity index (χ4v) is 2.21. The molecule has 2 N–H and O–H groups in total. The van der Waals surface area contributed by atoms with Crippen molar-refractivity contribution in [3.05, 3.63) is 67.3 Å². The number of carbonyl (C=O) groups excluding carboxylic acids is 1. The molecule has 2 aromatic carbocycles. The van der Waals surface area contributed by atoms with E-state index in [1.807, 2.05) is 25.1 Å². The van der Waals surface area contributed by atoms with Crippen molar-refractivity contribution in [2.75, 3.05) is 11.9 Å². The molecular weight excluding hydrogens is 423 g/mol. The number of hydrazone groups is 1. The first kappa shape index (κ1) is 17.9. The molecule has 0 atom stereocenters. The van der Waals surface area contributed by atoms with E-state index in [2.05, 4.69) is 38.4 Å². The number of hydrogen-bond acceptors (Lipinski definition) is 5. The van der Waals surface area contributed by atoms with Crippen LogP contribution in [-0.2, 0) is 4.79 Å². The van der Waals surface area contributed by atoms with Gasteiger partial charge in [0, 0.05) is 27.0 Å². The smallest absolute Gasteiger partial charge is 0.270 e. The Morgan fingerprint density at radius 1 is 1.33 bits per heavy atom. The summed E-state index contributed by atoms with van der Waals surface area (Å²) >= 11 is 2.24. The van der Waals surface area contributed by atoms with E-state index in [0.29, 0.717) is 5.56 Å². The molecule has 8 heteroatoms. The molecule has 0 saturated carbocycles. The summed E-state index contributed by atoms with van der Waals surface area (Å²) in [5.41, 5.74) is 4.86. The normalized spacial score (nSPS) is 10.6. The number of non-ortho nitro benzene ring substituents is 1.